The second-order valence-electron chi connectivity index (χ2n) is 21.1. The van der Waals surface area contributed by atoms with E-state index in [0.29, 0.717) is 0 Å². The van der Waals surface area contributed by atoms with Crippen LogP contribution in [0.15, 0.2) is 249 Å². The summed E-state index contributed by atoms with van der Waals surface area (Å²) < 4.78 is 0. The third-order valence-corrected chi connectivity index (χ3v) is 17.2. The van der Waals surface area contributed by atoms with Gasteiger partial charge in [-0.25, -0.2) is 0 Å². The van der Waals surface area contributed by atoms with Crippen molar-refractivity contribution in [3.05, 3.63) is 282 Å². The smallest absolute Gasteiger partial charge is 0.0726 e. The van der Waals surface area contributed by atoms with Crippen molar-refractivity contribution >= 4 is 70.9 Å². The Labute approximate surface area is 424 Å². The molecule has 16 rings (SSSR count). The summed E-state index contributed by atoms with van der Waals surface area (Å²) in [7, 11) is 0. The molecule has 0 saturated carbocycles. The molecule has 1 heteroatoms. The molecule has 0 unspecified atom stereocenters. The van der Waals surface area contributed by atoms with Gasteiger partial charge >= 0.3 is 0 Å². The lowest BCUT2D eigenvalue weighted by molar-refractivity contribution is 0.660. The predicted octanol–water partition coefficient (Wildman–Crippen LogP) is 19.2. The van der Waals surface area contributed by atoms with Crippen LogP contribution < -0.4 is 4.90 Å². The number of anilines is 3. The van der Waals surface area contributed by atoms with E-state index in [1.54, 1.807) is 0 Å². The van der Waals surface area contributed by atoms with Crippen LogP contribution in [0.2, 0.25) is 0 Å². The molecule has 0 aromatic heterocycles. The summed E-state index contributed by atoms with van der Waals surface area (Å²) in [5.74, 6) is 0. The zero-order chi connectivity index (χ0) is 48.2. The van der Waals surface area contributed by atoms with Gasteiger partial charge in [0.2, 0.25) is 0 Å². The van der Waals surface area contributed by atoms with Crippen LogP contribution in [0.1, 0.15) is 47.2 Å². The van der Waals surface area contributed by atoms with E-state index < -0.39 is 5.41 Å². The Balaban J connectivity index is 1.05. The van der Waals surface area contributed by atoms with Gasteiger partial charge in [0, 0.05) is 22.4 Å². The van der Waals surface area contributed by atoms with E-state index in [4.69, 9.17) is 0 Å². The van der Waals surface area contributed by atoms with Crippen LogP contribution in [0, 0.1) is 0 Å². The highest BCUT2D eigenvalue weighted by Crippen LogP contribution is 2.64. The Morgan fingerprint density at radius 3 is 1.36 bits per heavy atom. The van der Waals surface area contributed by atoms with E-state index in [0.717, 1.165) is 17.1 Å². The third-order valence-electron chi connectivity index (χ3n) is 17.2. The van der Waals surface area contributed by atoms with Gasteiger partial charge in [0.1, 0.15) is 0 Å². The average Bonchev–Trinajstić information content (AvgIpc) is 4.01. The third kappa shape index (κ3) is 5.41. The molecule has 13 aromatic carbocycles. The molecule has 0 bridgehead atoms. The van der Waals surface area contributed by atoms with Crippen LogP contribution in [0.25, 0.3) is 98.4 Å². The summed E-state index contributed by atoms with van der Waals surface area (Å²) in [5, 5.41) is 12.6. The molecule has 1 nitrogen and oxygen atoms in total. The van der Waals surface area contributed by atoms with Crippen LogP contribution in [0.3, 0.4) is 0 Å². The Morgan fingerprint density at radius 1 is 0.260 bits per heavy atom. The summed E-state index contributed by atoms with van der Waals surface area (Å²) in [6, 6.07) is 94.6. The number of benzene rings is 13. The molecular formula is C72H47N. The van der Waals surface area contributed by atoms with E-state index >= 15 is 0 Å². The fraction of sp³-hybridized carbons (Fsp3) is 0.0556. The van der Waals surface area contributed by atoms with Gasteiger partial charge in [-0.15, -0.1) is 0 Å². The molecule has 3 aliphatic carbocycles. The van der Waals surface area contributed by atoms with E-state index in [2.05, 4.69) is 267 Å². The lowest BCUT2D eigenvalue weighted by Crippen LogP contribution is -2.26. The highest BCUT2D eigenvalue weighted by Gasteiger charge is 2.52. The molecular weight excluding hydrogens is 879 g/mol. The Morgan fingerprint density at radius 2 is 0.699 bits per heavy atom. The number of rotatable bonds is 4. The van der Waals surface area contributed by atoms with Crippen molar-refractivity contribution in [1.29, 1.82) is 0 Å². The van der Waals surface area contributed by atoms with Crippen molar-refractivity contribution < 1.29 is 0 Å². The molecule has 0 amide bonds. The molecule has 0 fully saturated rings. The second kappa shape index (κ2) is 14.8. The molecule has 0 aliphatic heterocycles. The van der Waals surface area contributed by atoms with Gasteiger partial charge < -0.3 is 4.90 Å². The monoisotopic (exact) mass is 925 g/mol. The maximum atomic E-state index is 2.60. The molecule has 0 atom stereocenters. The van der Waals surface area contributed by atoms with Crippen LogP contribution >= 0.6 is 0 Å². The quantitative estimate of drug-likeness (QED) is 0.159. The normalized spacial score (nSPS) is 14.1. The molecule has 1 spiro atoms. The largest absolute Gasteiger partial charge is 0.310 e. The minimum absolute atomic E-state index is 0.131. The molecule has 13 aromatic rings. The highest BCUT2D eigenvalue weighted by molar-refractivity contribution is 6.26. The maximum absolute atomic E-state index is 2.60. The average molecular weight is 926 g/mol. The summed E-state index contributed by atoms with van der Waals surface area (Å²) in [6.07, 6.45) is 0. The van der Waals surface area contributed by atoms with E-state index in [-0.39, 0.29) is 5.41 Å². The molecule has 0 saturated heterocycles. The van der Waals surface area contributed by atoms with Gasteiger partial charge in [-0.3, -0.25) is 0 Å². The van der Waals surface area contributed by atoms with Gasteiger partial charge in [-0.2, -0.15) is 0 Å². The first-order valence-corrected chi connectivity index (χ1v) is 25.7. The number of nitrogens with zero attached hydrogens (tertiary/aromatic N) is 1. The summed E-state index contributed by atoms with van der Waals surface area (Å²) >= 11 is 0. The molecule has 340 valence electrons. The number of hydrogen-bond acceptors (Lipinski definition) is 1. The van der Waals surface area contributed by atoms with Crippen molar-refractivity contribution in [2.75, 3.05) is 4.90 Å². The van der Waals surface area contributed by atoms with Crippen molar-refractivity contribution in [3.63, 3.8) is 0 Å². The lowest BCUT2D eigenvalue weighted by Gasteiger charge is -2.34. The summed E-state index contributed by atoms with van der Waals surface area (Å²) in [4.78, 5) is 2.60. The van der Waals surface area contributed by atoms with E-state index in [9.17, 15) is 0 Å². The topological polar surface area (TPSA) is 3.24 Å². The van der Waals surface area contributed by atoms with Crippen LogP contribution in [0.5, 0.6) is 0 Å². The molecule has 0 N–H and O–H groups in total. The molecule has 73 heavy (non-hydrogen) atoms. The fourth-order valence-electron chi connectivity index (χ4n) is 14.0. The number of hydrogen-bond donors (Lipinski definition) is 0. The van der Waals surface area contributed by atoms with Crippen LogP contribution in [-0.4, -0.2) is 0 Å². The standard InChI is InChI=1S/C72H47N/c1-71(2)64-27-13-9-25-58(64)62-41-48(35-38-65(62)71)73(47-34-37-55-53-21-6-5-19-51(53)52-20-7-8-22-54(52)61(55)40-47)70-43-69-63(42-60(70)46-33-36-50-45(39-46)32-31-44-17-3-4-18-49(44)50)59-26-12-16-30-68(59)72(69)66-28-14-10-23-56(66)57-24-11-15-29-67(57)72/h3-43H,1-2H3. The molecule has 0 heterocycles. The number of fused-ring (bicyclic) bond motifs is 22. The van der Waals surface area contributed by atoms with Gasteiger partial charge in [0.05, 0.1) is 11.1 Å². The van der Waals surface area contributed by atoms with Crippen LogP contribution in [0.4, 0.5) is 17.1 Å². The minimum Gasteiger partial charge on any atom is -0.310 e. The highest BCUT2D eigenvalue weighted by atomic mass is 15.1. The lowest BCUT2D eigenvalue weighted by atomic mass is 9.70. The van der Waals surface area contributed by atoms with Gasteiger partial charge in [0.15, 0.2) is 0 Å². The second-order valence-corrected chi connectivity index (χ2v) is 21.1. The predicted molar refractivity (Wildman–Crippen MR) is 308 cm³/mol. The van der Waals surface area contributed by atoms with Crippen molar-refractivity contribution in [1.82, 2.24) is 0 Å². The van der Waals surface area contributed by atoms with E-state index in [1.807, 2.05) is 0 Å². The van der Waals surface area contributed by atoms with Crippen molar-refractivity contribution in [2.24, 2.45) is 0 Å². The SMILES string of the molecule is CC1(C)c2ccccc2-c2cc(N(c3ccc4c5ccccc5c5ccccc5c4c3)c3cc4c(cc3-c3ccc5c(ccc6ccccc65)c3)-c3ccccc3C43c4ccccc4-c4ccccc43)ccc21. The Hall–Kier alpha value is -9.04. The first-order chi connectivity index (χ1) is 36.0. The van der Waals surface area contributed by atoms with Crippen LogP contribution in [-0.2, 0) is 10.8 Å². The Kier molecular flexibility index (Phi) is 8.22. The first kappa shape index (κ1) is 40.7. The Bertz CT molecular complexity index is 4470. The fourth-order valence-corrected chi connectivity index (χ4v) is 14.0. The molecule has 0 radical (unpaired) electrons. The minimum atomic E-state index is -0.528. The summed E-state index contributed by atoms with van der Waals surface area (Å²) in [5.41, 5.74) is 20.9. The van der Waals surface area contributed by atoms with Crippen molar-refractivity contribution in [2.45, 2.75) is 24.7 Å². The maximum Gasteiger partial charge on any atom is 0.0726 e. The first-order valence-electron chi connectivity index (χ1n) is 25.7. The zero-order valence-corrected chi connectivity index (χ0v) is 40.6. The zero-order valence-electron chi connectivity index (χ0n) is 40.6. The van der Waals surface area contributed by atoms with Gasteiger partial charge in [0.25, 0.3) is 0 Å². The summed E-state index contributed by atoms with van der Waals surface area (Å²) in [6.45, 7) is 4.76. The van der Waals surface area contributed by atoms with Crippen molar-refractivity contribution in [3.8, 4) is 44.5 Å². The van der Waals surface area contributed by atoms with Gasteiger partial charge in [-0.05, 0) is 169 Å². The van der Waals surface area contributed by atoms with E-state index in [1.165, 1.54) is 132 Å². The van der Waals surface area contributed by atoms with Gasteiger partial charge in [-0.1, -0.05) is 220 Å². The molecule has 3 aliphatic rings.